The molecule has 0 atom stereocenters. The molecule has 0 spiro atoms. The topological polar surface area (TPSA) is 64.9 Å². The standard InChI is InChI=1S/C15H12BrN3O/c1-9-8-12(17)6-7-13(9)15-18-14(19-20-15)10-2-4-11(16)5-3-10/h2-8H,17H2,1H3. The van der Waals surface area contributed by atoms with E-state index in [0.29, 0.717) is 11.7 Å². The highest BCUT2D eigenvalue weighted by atomic mass is 79.9. The van der Waals surface area contributed by atoms with Crippen LogP contribution in [0.15, 0.2) is 51.5 Å². The first-order chi connectivity index (χ1) is 9.63. The molecule has 4 nitrogen and oxygen atoms in total. The summed E-state index contributed by atoms with van der Waals surface area (Å²) < 4.78 is 6.36. The van der Waals surface area contributed by atoms with Crippen LogP contribution in [0.2, 0.25) is 0 Å². The van der Waals surface area contributed by atoms with Crippen LogP contribution < -0.4 is 5.73 Å². The third-order valence-electron chi connectivity index (χ3n) is 3.01. The van der Waals surface area contributed by atoms with E-state index in [-0.39, 0.29) is 0 Å². The van der Waals surface area contributed by atoms with Crippen LogP contribution in [0.25, 0.3) is 22.8 Å². The highest BCUT2D eigenvalue weighted by Gasteiger charge is 2.12. The lowest BCUT2D eigenvalue weighted by Gasteiger charge is -2.01. The van der Waals surface area contributed by atoms with E-state index < -0.39 is 0 Å². The first kappa shape index (κ1) is 12.9. The zero-order chi connectivity index (χ0) is 14.1. The summed E-state index contributed by atoms with van der Waals surface area (Å²) in [6, 6.07) is 13.4. The van der Waals surface area contributed by atoms with Gasteiger partial charge in [-0.25, -0.2) is 0 Å². The van der Waals surface area contributed by atoms with Crippen LogP contribution in [0.1, 0.15) is 5.56 Å². The number of rotatable bonds is 2. The molecule has 0 fully saturated rings. The zero-order valence-electron chi connectivity index (χ0n) is 10.8. The first-order valence-electron chi connectivity index (χ1n) is 6.09. The van der Waals surface area contributed by atoms with Crippen molar-refractivity contribution in [3.8, 4) is 22.8 Å². The molecule has 0 aliphatic carbocycles. The average Bonchev–Trinajstić information content (AvgIpc) is 2.89. The van der Waals surface area contributed by atoms with Crippen molar-refractivity contribution in [2.24, 2.45) is 0 Å². The molecule has 0 saturated carbocycles. The predicted octanol–water partition coefficient (Wildman–Crippen LogP) is 4.06. The van der Waals surface area contributed by atoms with Gasteiger partial charge in [0.05, 0.1) is 0 Å². The molecular weight excluding hydrogens is 318 g/mol. The molecule has 2 aromatic carbocycles. The fraction of sp³-hybridized carbons (Fsp3) is 0.0667. The molecule has 0 radical (unpaired) electrons. The Morgan fingerprint density at radius 2 is 1.85 bits per heavy atom. The number of nitrogens with zero attached hydrogens (tertiary/aromatic N) is 2. The summed E-state index contributed by atoms with van der Waals surface area (Å²) in [5.41, 5.74) is 9.29. The van der Waals surface area contributed by atoms with Crippen molar-refractivity contribution >= 4 is 21.6 Å². The number of nitrogen functional groups attached to an aromatic ring is 1. The summed E-state index contributed by atoms with van der Waals surface area (Å²) in [4.78, 5) is 4.44. The van der Waals surface area contributed by atoms with Crippen LogP contribution in [0.5, 0.6) is 0 Å². The maximum atomic E-state index is 5.74. The monoisotopic (exact) mass is 329 g/mol. The van der Waals surface area contributed by atoms with Crippen LogP contribution in [0, 0.1) is 6.92 Å². The Morgan fingerprint density at radius 3 is 2.55 bits per heavy atom. The summed E-state index contributed by atoms with van der Waals surface area (Å²) in [5.74, 6) is 1.07. The second kappa shape index (κ2) is 5.09. The van der Waals surface area contributed by atoms with E-state index in [4.69, 9.17) is 10.3 Å². The van der Waals surface area contributed by atoms with Gasteiger partial charge in [-0.3, -0.25) is 0 Å². The van der Waals surface area contributed by atoms with E-state index in [1.807, 2.05) is 49.4 Å². The maximum Gasteiger partial charge on any atom is 0.258 e. The molecule has 0 saturated heterocycles. The minimum Gasteiger partial charge on any atom is -0.399 e. The van der Waals surface area contributed by atoms with Gasteiger partial charge in [-0.2, -0.15) is 4.98 Å². The molecular formula is C15H12BrN3O. The zero-order valence-corrected chi connectivity index (χ0v) is 12.4. The van der Waals surface area contributed by atoms with Crippen molar-refractivity contribution in [1.82, 2.24) is 10.1 Å². The van der Waals surface area contributed by atoms with Gasteiger partial charge in [-0.05, 0) is 55.0 Å². The molecule has 2 N–H and O–H groups in total. The van der Waals surface area contributed by atoms with Gasteiger partial charge in [-0.1, -0.05) is 21.1 Å². The minimum atomic E-state index is 0.500. The SMILES string of the molecule is Cc1cc(N)ccc1-c1nc(-c2ccc(Br)cc2)no1. The molecule has 100 valence electrons. The van der Waals surface area contributed by atoms with E-state index >= 15 is 0 Å². The second-order valence-corrected chi connectivity index (χ2v) is 5.42. The van der Waals surface area contributed by atoms with Gasteiger partial charge in [0.15, 0.2) is 0 Å². The average molecular weight is 330 g/mol. The van der Waals surface area contributed by atoms with Crippen molar-refractivity contribution in [3.05, 3.63) is 52.5 Å². The predicted molar refractivity (Wildman–Crippen MR) is 82.0 cm³/mol. The quantitative estimate of drug-likeness (QED) is 0.720. The molecule has 5 heteroatoms. The molecule has 0 aliphatic heterocycles. The highest BCUT2D eigenvalue weighted by Crippen LogP contribution is 2.26. The third kappa shape index (κ3) is 2.44. The molecule has 0 aliphatic rings. The number of aromatic nitrogens is 2. The Morgan fingerprint density at radius 1 is 1.10 bits per heavy atom. The largest absolute Gasteiger partial charge is 0.399 e. The van der Waals surface area contributed by atoms with Crippen molar-refractivity contribution in [2.45, 2.75) is 6.92 Å². The van der Waals surface area contributed by atoms with Gasteiger partial charge in [0.2, 0.25) is 5.82 Å². The number of benzene rings is 2. The molecule has 0 bridgehead atoms. The normalized spacial score (nSPS) is 10.7. The summed E-state index contributed by atoms with van der Waals surface area (Å²) >= 11 is 3.40. The lowest BCUT2D eigenvalue weighted by Crippen LogP contribution is -1.88. The van der Waals surface area contributed by atoms with Gasteiger partial charge in [-0.15, -0.1) is 0 Å². The van der Waals surface area contributed by atoms with Gasteiger partial charge in [0, 0.05) is 21.3 Å². The smallest absolute Gasteiger partial charge is 0.258 e. The number of hydrogen-bond donors (Lipinski definition) is 1. The van der Waals surface area contributed by atoms with Gasteiger partial charge < -0.3 is 10.3 Å². The number of nitrogens with two attached hydrogens (primary N) is 1. The van der Waals surface area contributed by atoms with Crippen LogP contribution in [0.3, 0.4) is 0 Å². The van der Waals surface area contributed by atoms with Gasteiger partial charge in [0.25, 0.3) is 5.89 Å². The van der Waals surface area contributed by atoms with Crippen LogP contribution >= 0.6 is 15.9 Å². The Balaban J connectivity index is 1.99. The summed E-state index contributed by atoms with van der Waals surface area (Å²) in [7, 11) is 0. The highest BCUT2D eigenvalue weighted by molar-refractivity contribution is 9.10. The molecule has 1 heterocycles. The molecule has 0 amide bonds. The minimum absolute atomic E-state index is 0.500. The maximum absolute atomic E-state index is 5.74. The molecule has 3 aromatic rings. The Kier molecular flexibility index (Phi) is 3.28. The van der Waals surface area contributed by atoms with E-state index in [1.165, 1.54) is 0 Å². The number of hydrogen-bond acceptors (Lipinski definition) is 4. The van der Waals surface area contributed by atoms with E-state index in [9.17, 15) is 0 Å². The Bertz CT molecular complexity index is 750. The van der Waals surface area contributed by atoms with Crippen molar-refractivity contribution < 1.29 is 4.52 Å². The molecule has 20 heavy (non-hydrogen) atoms. The van der Waals surface area contributed by atoms with E-state index in [1.54, 1.807) is 0 Å². The van der Waals surface area contributed by atoms with Gasteiger partial charge in [0.1, 0.15) is 0 Å². The van der Waals surface area contributed by atoms with E-state index in [2.05, 4.69) is 26.1 Å². The molecule has 0 unspecified atom stereocenters. The lowest BCUT2D eigenvalue weighted by molar-refractivity contribution is 0.432. The van der Waals surface area contributed by atoms with Crippen LogP contribution in [0.4, 0.5) is 5.69 Å². The number of aryl methyl sites for hydroxylation is 1. The Hall–Kier alpha value is -2.14. The van der Waals surface area contributed by atoms with E-state index in [0.717, 1.165) is 26.9 Å². The molecule has 1 aromatic heterocycles. The summed E-state index contributed by atoms with van der Waals surface area (Å²) in [6.45, 7) is 1.97. The second-order valence-electron chi connectivity index (χ2n) is 4.50. The summed E-state index contributed by atoms with van der Waals surface area (Å²) in [6.07, 6.45) is 0. The van der Waals surface area contributed by atoms with Crippen LogP contribution in [-0.2, 0) is 0 Å². The van der Waals surface area contributed by atoms with Crippen LogP contribution in [-0.4, -0.2) is 10.1 Å². The van der Waals surface area contributed by atoms with Crippen molar-refractivity contribution in [2.75, 3.05) is 5.73 Å². The van der Waals surface area contributed by atoms with Crippen molar-refractivity contribution in [3.63, 3.8) is 0 Å². The third-order valence-corrected chi connectivity index (χ3v) is 3.54. The number of halogens is 1. The van der Waals surface area contributed by atoms with Crippen molar-refractivity contribution in [1.29, 1.82) is 0 Å². The van der Waals surface area contributed by atoms with Gasteiger partial charge >= 0.3 is 0 Å². The summed E-state index contributed by atoms with van der Waals surface area (Å²) in [5, 5.41) is 4.02. The lowest BCUT2D eigenvalue weighted by atomic mass is 10.1. The fourth-order valence-electron chi connectivity index (χ4n) is 1.98. The fourth-order valence-corrected chi connectivity index (χ4v) is 2.24. The molecule has 3 rings (SSSR count). The Labute approximate surface area is 124 Å². The first-order valence-corrected chi connectivity index (χ1v) is 6.89. The number of anilines is 1.